The van der Waals surface area contributed by atoms with Gasteiger partial charge in [0.05, 0.1) is 64.2 Å². The lowest BCUT2D eigenvalue weighted by molar-refractivity contribution is -0.114. The van der Waals surface area contributed by atoms with Gasteiger partial charge in [0, 0.05) is 6.92 Å². The second kappa shape index (κ2) is 19.4. The van der Waals surface area contributed by atoms with Crippen molar-refractivity contribution in [1.82, 2.24) is 0 Å². The molecule has 0 saturated heterocycles. The van der Waals surface area contributed by atoms with Gasteiger partial charge in [0.1, 0.15) is 28.6 Å². The quantitative estimate of drug-likeness (QED) is 0.0520. The first-order valence-electron chi connectivity index (χ1n) is 16.4. The summed E-state index contributed by atoms with van der Waals surface area (Å²) >= 11 is 0. The number of aromatic carboxylic acids is 1. The van der Waals surface area contributed by atoms with Gasteiger partial charge in [-0.2, -0.15) is 27.1 Å². The molecule has 4 aromatic rings. The molecule has 4 rings (SSSR count). The number of carboxylic acids is 1. The van der Waals surface area contributed by atoms with E-state index in [-0.39, 0.29) is 44.0 Å². The predicted molar refractivity (Wildman–Crippen MR) is 209 cm³/mol. The molecule has 326 valence electrons. The fourth-order valence-electron chi connectivity index (χ4n) is 4.68. The monoisotopic (exact) mass is 929 g/mol. The minimum atomic E-state index is -4.89. The van der Waals surface area contributed by atoms with E-state index in [2.05, 4.69) is 44.4 Å². The maximum Gasteiger partial charge on any atom is 0.397 e. The molecular weight excluding hydrogens is 899 g/mol. The van der Waals surface area contributed by atoms with Crippen LogP contribution < -0.4 is 10.1 Å². The highest BCUT2D eigenvalue weighted by Gasteiger charge is 2.23. The summed E-state index contributed by atoms with van der Waals surface area (Å²) in [5.74, 6) is -5.69. The summed E-state index contributed by atoms with van der Waals surface area (Å²) in [7, 11) is -16.8. The van der Waals surface area contributed by atoms with Crippen LogP contribution in [-0.2, 0) is 53.6 Å². The molecule has 0 aliphatic rings. The number of amides is 1. The molecule has 0 atom stereocenters. The third-order valence-electron chi connectivity index (χ3n) is 7.42. The number of hydrogen-bond acceptors (Lipinski definition) is 21. The lowest BCUT2D eigenvalue weighted by Crippen LogP contribution is -2.15. The number of phenols is 2. The largest absolute Gasteiger partial charge is 0.505 e. The second-order valence-corrected chi connectivity index (χ2v) is 18.1. The Morgan fingerprint density at radius 3 is 1.72 bits per heavy atom. The van der Waals surface area contributed by atoms with Gasteiger partial charge in [-0.1, -0.05) is 0 Å². The van der Waals surface area contributed by atoms with Crippen LogP contribution in [0.5, 0.6) is 17.2 Å². The van der Waals surface area contributed by atoms with Gasteiger partial charge in [0.2, 0.25) is 5.91 Å². The Morgan fingerprint density at radius 2 is 1.16 bits per heavy atom. The van der Waals surface area contributed by atoms with Crippen molar-refractivity contribution in [3.05, 3.63) is 72.3 Å². The number of sulfone groups is 2. The highest BCUT2D eigenvalue weighted by atomic mass is 32.3. The van der Waals surface area contributed by atoms with Crippen molar-refractivity contribution < 1.29 is 80.8 Å². The van der Waals surface area contributed by atoms with Gasteiger partial charge in [-0.3, -0.25) is 13.9 Å². The number of anilines is 1. The van der Waals surface area contributed by atoms with Crippen LogP contribution in [0, 0.1) is 0 Å². The third kappa shape index (κ3) is 13.6. The van der Waals surface area contributed by atoms with Gasteiger partial charge in [-0.05, 0) is 66.7 Å². The first-order valence-corrected chi connectivity index (χ1v) is 22.4. The van der Waals surface area contributed by atoms with Gasteiger partial charge in [-0.15, -0.1) is 20.5 Å². The molecular formula is C32H31N7O18S4. The zero-order valence-electron chi connectivity index (χ0n) is 31.0. The molecule has 0 radical (unpaired) electrons. The summed E-state index contributed by atoms with van der Waals surface area (Å²) in [5.41, 5.74) is -2.35. The molecule has 0 aliphatic heterocycles. The first-order chi connectivity index (χ1) is 28.4. The molecule has 29 heteroatoms. The van der Waals surface area contributed by atoms with E-state index in [1.807, 2.05) is 0 Å². The van der Waals surface area contributed by atoms with E-state index in [1.165, 1.54) is 31.4 Å². The van der Waals surface area contributed by atoms with Crippen LogP contribution in [0.1, 0.15) is 17.3 Å². The fourth-order valence-corrected chi connectivity index (χ4v) is 7.67. The Labute approximate surface area is 345 Å². The second-order valence-electron chi connectivity index (χ2n) is 11.7. The van der Waals surface area contributed by atoms with E-state index >= 15 is 0 Å². The summed E-state index contributed by atoms with van der Waals surface area (Å²) in [6.07, 6.45) is 0. The van der Waals surface area contributed by atoms with E-state index in [9.17, 15) is 58.6 Å². The van der Waals surface area contributed by atoms with Crippen LogP contribution in [0.25, 0.3) is 0 Å². The average molecular weight is 930 g/mol. The molecule has 0 aliphatic carbocycles. The Hall–Kier alpha value is -6.34. The normalized spacial score (nSPS) is 12.7. The van der Waals surface area contributed by atoms with Crippen LogP contribution in [0.4, 0.5) is 39.8 Å². The van der Waals surface area contributed by atoms with Crippen molar-refractivity contribution in [2.45, 2.75) is 16.7 Å². The summed E-state index contributed by atoms with van der Waals surface area (Å²) < 4.78 is 124. The average Bonchev–Trinajstić information content (AvgIpc) is 3.15. The lowest BCUT2D eigenvalue weighted by Gasteiger charge is -2.09. The Bertz CT molecular complexity index is 2890. The minimum absolute atomic E-state index is 0.0120. The van der Waals surface area contributed by atoms with E-state index in [4.69, 9.17) is 13.8 Å². The zero-order chi connectivity index (χ0) is 45.3. The van der Waals surface area contributed by atoms with E-state index < -0.39 is 106 Å². The summed E-state index contributed by atoms with van der Waals surface area (Å²) in [5, 5.41) is 57.1. The number of aromatic hydroxyl groups is 2. The van der Waals surface area contributed by atoms with Crippen LogP contribution >= 0.6 is 0 Å². The lowest BCUT2D eigenvalue weighted by atomic mass is 10.1. The number of nitrogens with one attached hydrogen (secondary N) is 1. The van der Waals surface area contributed by atoms with Gasteiger partial charge >= 0.3 is 26.8 Å². The molecule has 61 heavy (non-hydrogen) atoms. The van der Waals surface area contributed by atoms with Crippen LogP contribution in [0.3, 0.4) is 0 Å². The van der Waals surface area contributed by atoms with Crippen molar-refractivity contribution in [1.29, 1.82) is 0 Å². The van der Waals surface area contributed by atoms with E-state index in [0.29, 0.717) is 6.07 Å². The number of phenolic OH excluding ortho intramolecular Hbond substituents is 2. The maximum absolute atomic E-state index is 12.8. The molecule has 0 spiro atoms. The van der Waals surface area contributed by atoms with E-state index in [0.717, 1.165) is 43.3 Å². The number of benzene rings is 4. The van der Waals surface area contributed by atoms with Crippen LogP contribution in [-0.4, -0.2) is 102 Å². The third-order valence-corrected chi connectivity index (χ3v) is 11.7. The van der Waals surface area contributed by atoms with Crippen molar-refractivity contribution in [2.24, 2.45) is 30.7 Å². The molecule has 25 nitrogen and oxygen atoms in total. The number of carboxylic acid groups (broad SMARTS) is 1. The highest BCUT2D eigenvalue weighted by molar-refractivity contribution is 7.91. The van der Waals surface area contributed by atoms with Gasteiger partial charge in [0.25, 0.3) is 0 Å². The predicted octanol–water partition coefficient (Wildman–Crippen LogP) is 5.20. The molecule has 0 bridgehead atoms. The topological polar surface area (TPSA) is 386 Å². The molecule has 0 unspecified atom stereocenters. The number of nitrogens with zero attached hydrogens (tertiary/aromatic N) is 6. The van der Waals surface area contributed by atoms with Crippen LogP contribution in [0.15, 0.2) is 107 Å². The molecule has 4 aromatic carbocycles. The molecule has 1 amide bonds. The number of hydrogen-bond donors (Lipinski definition) is 6. The summed E-state index contributed by atoms with van der Waals surface area (Å²) in [6.45, 7) is -0.589. The van der Waals surface area contributed by atoms with Crippen molar-refractivity contribution >= 4 is 92.2 Å². The van der Waals surface area contributed by atoms with Gasteiger partial charge in [0.15, 0.2) is 31.1 Å². The Kier molecular flexibility index (Phi) is 15.0. The van der Waals surface area contributed by atoms with Gasteiger partial charge < -0.3 is 25.4 Å². The molecule has 0 saturated carbocycles. The summed E-state index contributed by atoms with van der Waals surface area (Å²) in [6, 6.07) is 12.4. The maximum atomic E-state index is 12.8. The number of carbonyl (C=O) groups is 2. The SMILES string of the molecule is COc1ccc(S(=O)(=O)CCOS(=O)(=O)O)cc1N=Nc1ccc(N=Nc2c(O)cc(C(=O)O)c(N=Nc3ccc(S(=O)(=O)CCOS(=O)(=O)O)cc3)c2O)cc1NC(C)=O. The number of ether oxygens (including phenoxy) is 1. The number of azo groups is 3. The fraction of sp³-hybridized carbons (Fsp3) is 0.188. The van der Waals surface area contributed by atoms with Crippen molar-refractivity contribution in [3.8, 4) is 17.2 Å². The highest BCUT2D eigenvalue weighted by Crippen LogP contribution is 2.47. The van der Waals surface area contributed by atoms with Gasteiger partial charge in [-0.25, -0.2) is 30.0 Å². The van der Waals surface area contributed by atoms with Crippen molar-refractivity contribution in [2.75, 3.05) is 37.1 Å². The molecule has 0 fully saturated rings. The molecule has 0 heterocycles. The standard InChI is InChI=1S/C32H31N7O18S4/c1-18(40)33-25-15-20(5-9-24(25)36-37-26-16-22(8-10-28(26)55-2)59(47,48)14-12-57-61(52,53)54)35-39-30-27(41)17-23(32(43)44)29(31(30)42)38-34-19-3-6-21(7-4-19)58(45,46)13-11-56-60(49,50)51/h3-10,15-17,41-42H,11-14H2,1-2H3,(H,33,40)(H,43,44)(H,49,50,51)(H,52,53,54). The molecule has 6 N–H and O–H groups in total. The smallest absolute Gasteiger partial charge is 0.397 e. The molecule has 0 aromatic heterocycles. The summed E-state index contributed by atoms with van der Waals surface area (Å²) in [4.78, 5) is 23.4. The van der Waals surface area contributed by atoms with Crippen LogP contribution in [0.2, 0.25) is 0 Å². The minimum Gasteiger partial charge on any atom is -0.505 e. The number of rotatable bonds is 19. The Morgan fingerprint density at radius 1 is 0.639 bits per heavy atom. The van der Waals surface area contributed by atoms with Crippen molar-refractivity contribution in [3.63, 3.8) is 0 Å². The van der Waals surface area contributed by atoms with E-state index in [1.54, 1.807) is 0 Å². The first kappa shape index (κ1) is 47.3. The zero-order valence-corrected chi connectivity index (χ0v) is 34.3. The number of carbonyl (C=O) groups excluding carboxylic acids is 1. The Balaban J connectivity index is 1.63. The number of methoxy groups -OCH3 is 1.